The predicted molar refractivity (Wildman–Crippen MR) is 143 cm³/mol. The topological polar surface area (TPSA) is 93.6 Å². The number of pyridine rings is 2. The monoisotopic (exact) mass is 569 g/mol. The van der Waals surface area contributed by atoms with Crippen LogP contribution >= 0.6 is 0 Å². The van der Waals surface area contributed by atoms with Crippen molar-refractivity contribution in [2.75, 3.05) is 20.3 Å². The SMILES string of the molecule is COc1cc(C(=O)NC[C@](O)(c2cc3c(c(-c4ccc(F)cc4)n2)OCC3(C)C)C(F)(F)F)cc2c(C)ccnc12. The van der Waals surface area contributed by atoms with Crippen LogP contribution in [0.5, 0.6) is 11.5 Å². The number of methoxy groups -OCH3 is 1. The van der Waals surface area contributed by atoms with Crippen LogP contribution in [0.4, 0.5) is 17.6 Å². The Hall–Kier alpha value is -4.25. The van der Waals surface area contributed by atoms with Gasteiger partial charge in [0, 0.05) is 33.7 Å². The van der Waals surface area contributed by atoms with Gasteiger partial charge in [0.2, 0.25) is 5.60 Å². The minimum Gasteiger partial charge on any atom is -0.494 e. The van der Waals surface area contributed by atoms with Gasteiger partial charge in [-0.15, -0.1) is 0 Å². The molecule has 1 atom stereocenters. The second-order valence-corrected chi connectivity index (χ2v) is 10.7. The first-order chi connectivity index (χ1) is 19.2. The Balaban J connectivity index is 1.56. The van der Waals surface area contributed by atoms with E-state index in [-0.39, 0.29) is 29.4 Å². The van der Waals surface area contributed by atoms with Gasteiger partial charge in [-0.05, 0) is 61.0 Å². The Morgan fingerprint density at radius 2 is 1.85 bits per heavy atom. The molecule has 1 aliphatic rings. The molecule has 2 N–H and O–H groups in total. The lowest BCUT2D eigenvalue weighted by molar-refractivity contribution is -0.265. The summed E-state index contributed by atoms with van der Waals surface area (Å²) in [6.07, 6.45) is -3.65. The van der Waals surface area contributed by atoms with Crippen LogP contribution in [-0.4, -0.2) is 47.4 Å². The second-order valence-electron chi connectivity index (χ2n) is 10.7. The maximum Gasteiger partial charge on any atom is 0.424 e. The molecule has 0 spiro atoms. The first-order valence-electron chi connectivity index (χ1n) is 12.7. The lowest BCUT2D eigenvalue weighted by Crippen LogP contribution is -2.51. The van der Waals surface area contributed by atoms with E-state index >= 15 is 0 Å². The molecule has 1 aliphatic heterocycles. The number of halogens is 4. The van der Waals surface area contributed by atoms with Gasteiger partial charge in [0.1, 0.15) is 28.5 Å². The maximum atomic E-state index is 14.6. The molecule has 0 bridgehead atoms. The number of aryl methyl sites for hydroxylation is 1. The number of nitrogens with one attached hydrogen (secondary N) is 1. The number of fused-ring (bicyclic) bond motifs is 2. The van der Waals surface area contributed by atoms with E-state index in [0.29, 0.717) is 22.0 Å². The fourth-order valence-electron chi connectivity index (χ4n) is 4.82. The Morgan fingerprint density at radius 3 is 2.51 bits per heavy atom. The Kier molecular flexibility index (Phi) is 6.89. The minimum absolute atomic E-state index is 0.0263. The van der Waals surface area contributed by atoms with Crippen LogP contribution in [0.25, 0.3) is 22.2 Å². The number of amides is 1. The fraction of sp³-hybridized carbons (Fsp3) is 0.300. The van der Waals surface area contributed by atoms with Crippen LogP contribution < -0.4 is 14.8 Å². The molecule has 0 aliphatic carbocycles. The molecule has 5 rings (SSSR count). The Labute approximate surface area is 233 Å². The van der Waals surface area contributed by atoms with Crippen LogP contribution in [-0.2, 0) is 11.0 Å². The molecule has 2 aromatic heterocycles. The molecule has 0 radical (unpaired) electrons. The smallest absolute Gasteiger partial charge is 0.424 e. The van der Waals surface area contributed by atoms with Gasteiger partial charge in [-0.2, -0.15) is 13.2 Å². The van der Waals surface area contributed by atoms with Crippen LogP contribution in [0.3, 0.4) is 0 Å². The third kappa shape index (κ3) is 4.94. The molecular formula is C30H27F4N3O4. The van der Waals surface area contributed by atoms with E-state index in [1.165, 1.54) is 31.4 Å². The standard InChI is InChI=1S/C30H27F4N3O4/c1-16-9-10-35-25-20(16)11-18(12-22(25)40-4)27(38)36-14-29(39,30(32,33)34)23-13-21-26(41-15-28(21,2)3)24(37-23)17-5-7-19(31)8-6-17/h5-13,39H,14-15H2,1-4H3,(H,36,38)/t29-/m0/s1. The Bertz CT molecular complexity index is 1650. The van der Waals surface area contributed by atoms with Crippen LogP contribution in [0.15, 0.2) is 54.7 Å². The van der Waals surface area contributed by atoms with Crippen molar-refractivity contribution in [2.24, 2.45) is 0 Å². The largest absolute Gasteiger partial charge is 0.494 e. The van der Waals surface area contributed by atoms with Crippen LogP contribution in [0, 0.1) is 12.7 Å². The van der Waals surface area contributed by atoms with E-state index in [2.05, 4.69) is 15.3 Å². The summed E-state index contributed by atoms with van der Waals surface area (Å²) in [6.45, 7) is 4.32. The fourth-order valence-corrected chi connectivity index (χ4v) is 4.82. The number of nitrogens with zero attached hydrogens (tertiary/aromatic N) is 2. The van der Waals surface area contributed by atoms with Crippen LogP contribution in [0.1, 0.15) is 41.0 Å². The summed E-state index contributed by atoms with van der Waals surface area (Å²) in [5, 5.41) is 14.0. The highest BCUT2D eigenvalue weighted by Crippen LogP contribution is 2.47. The maximum absolute atomic E-state index is 14.6. The second kappa shape index (κ2) is 9.99. The summed E-state index contributed by atoms with van der Waals surface area (Å²) in [4.78, 5) is 21.6. The summed E-state index contributed by atoms with van der Waals surface area (Å²) >= 11 is 0. The lowest BCUT2D eigenvalue weighted by atomic mass is 9.84. The molecule has 0 saturated carbocycles. The first-order valence-corrected chi connectivity index (χ1v) is 12.7. The zero-order valence-electron chi connectivity index (χ0n) is 22.7. The van der Waals surface area contributed by atoms with Gasteiger partial charge in [0.25, 0.3) is 5.91 Å². The number of rotatable bonds is 6. The summed E-state index contributed by atoms with van der Waals surface area (Å²) in [6, 6.07) is 10.8. The molecule has 214 valence electrons. The number of carbonyl (C=O) groups is 1. The van der Waals surface area contributed by atoms with E-state index in [4.69, 9.17) is 9.47 Å². The van der Waals surface area contributed by atoms with Crippen molar-refractivity contribution in [3.05, 3.63) is 82.9 Å². The van der Waals surface area contributed by atoms with Crippen molar-refractivity contribution in [3.63, 3.8) is 0 Å². The molecule has 11 heteroatoms. The average Bonchev–Trinajstić information content (AvgIpc) is 3.24. The molecule has 0 fully saturated rings. The van der Waals surface area contributed by atoms with E-state index in [0.717, 1.165) is 23.8 Å². The number of hydrogen-bond donors (Lipinski definition) is 2. The zero-order valence-corrected chi connectivity index (χ0v) is 22.7. The first kappa shape index (κ1) is 28.3. The Morgan fingerprint density at radius 1 is 1.15 bits per heavy atom. The number of aliphatic hydroxyl groups is 1. The minimum atomic E-state index is -5.23. The highest BCUT2D eigenvalue weighted by molar-refractivity contribution is 6.00. The lowest BCUT2D eigenvalue weighted by Gasteiger charge is -2.31. The van der Waals surface area contributed by atoms with Crippen molar-refractivity contribution in [2.45, 2.75) is 38.0 Å². The van der Waals surface area contributed by atoms with Crippen molar-refractivity contribution in [3.8, 4) is 22.8 Å². The molecule has 41 heavy (non-hydrogen) atoms. The third-order valence-electron chi connectivity index (χ3n) is 7.30. The van der Waals surface area contributed by atoms with Crippen LogP contribution in [0.2, 0.25) is 0 Å². The van der Waals surface area contributed by atoms with Crippen molar-refractivity contribution in [1.82, 2.24) is 15.3 Å². The number of aromatic nitrogens is 2. The summed E-state index contributed by atoms with van der Waals surface area (Å²) in [7, 11) is 1.40. The molecule has 0 unspecified atom stereocenters. The van der Waals surface area contributed by atoms with Crippen molar-refractivity contribution < 1.29 is 36.9 Å². The predicted octanol–water partition coefficient (Wildman–Crippen LogP) is 5.60. The van der Waals surface area contributed by atoms with Gasteiger partial charge < -0.3 is 19.9 Å². The molecule has 1 amide bonds. The van der Waals surface area contributed by atoms with Crippen molar-refractivity contribution in [1.29, 1.82) is 0 Å². The van der Waals surface area contributed by atoms with Gasteiger partial charge in [0.05, 0.1) is 26.0 Å². The molecule has 2 aromatic carbocycles. The number of ether oxygens (including phenoxy) is 2. The summed E-state index contributed by atoms with van der Waals surface area (Å²) < 4.78 is 68.6. The number of alkyl halides is 3. The molecular weight excluding hydrogens is 542 g/mol. The third-order valence-corrected chi connectivity index (χ3v) is 7.30. The summed E-state index contributed by atoms with van der Waals surface area (Å²) in [5.41, 5.74) is -2.95. The molecule has 7 nitrogen and oxygen atoms in total. The van der Waals surface area contributed by atoms with Gasteiger partial charge in [0.15, 0.2) is 0 Å². The highest BCUT2D eigenvalue weighted by atomic mass is 19.4. The quantitative estimate of drug-likeness (QED) is 0.294. The zero-order chi connectivity index (χ0) is 29.7. The van der Waals surface area contributed by atoms with Gasteiger partial charge in [-0.3, -0.25) is 9.78 Å². The highest BCUT2D eigenvalue weighted by Gasteiger charge is 2.57. The molecule has 4 aromatic rings. The average molecular weight is 570 g/mol. The van der Waals surface area contributed by atoms with E-state index in [9.17, 15) is 27.5 Å². The molecule has 3 heterocycles. The van der Waals surface area contributed by atoms with Crippen molar-refractivity contribution >= 4 is 16.8 Å². The van der Waals surface area contributed by atoms with Gasteiger partial charge in [-0.1, -0.05) is 13.8 Å². The van der Waals surface area contributed by atoms with Gasteiger partial charge in [-0.25, -0.2) is 9.37 Å². The van der Waals surface area contributed by atoms with E-state index in [1.807, 2.05) is 0 Å². The normalized spacial score (nSPS) is 15.6. The van der Waals surface area contributed by atoms with E-state index < -0.39 is 41.2 Å². The van der Waals surface area contributed by atoms with E-state index in [1.54, 1.807) is 33.0 Å². The number of benzene rings is 2. The van der Waals surface area contributed by atoms with Gasteiger partial charge >= 0.3 is 6.18 Å². The number of hydrogen-bond acceptors (Lipinski definition) is 6. The summed E-state index contributed by atoms with van der Waals surface area (Å²) in [5.74, 6) is -0.867. The number of carbonyl (C=O) groups excluding carboxylic acids is 1. The molecule has 0 saturated heterocycles.